The van der Waals surface area contributed by atoms with E-state index >= 15 is 0 Å². The van der Waals surface area contributed by atoms with Crippen molar-refractivity contribution in [1.29, 1.82) is 0 Å². The first kappa shape index (κ1) is 13.3. The lowest BCUT2D eigenvalue weighted by Crippen LogP contribution is -2.33. The standard InChI is InChI=1S/C15H25N3/c1-10(2)14-8-15(17-9-16-14)18-13-6-5-11(3)7-12(13)4/h8-13H,5-7H2,1-4H3,(H,16,17,18). The van der Waals surface area contributed by atoms with Crippen LogP contribution in [0.3, 0.4) is 0 Å². The SMILES string of the molecule is CC1CCC(Nc2cc(C(C)C)ncn2)C(C)C1. The van der Waals surface area contributed by atoms with Crippen LogP contribution in [0.4, 0.5) is 5.82 Å². The molecule has 1 aromatic heterocycles. The average Bonchev–Trinajstić information content (AvgIpc) is 2.33. The first-order chi connectivity index (χ1) is 8.56. The molecule has 0 aromatic carbocycles. The quantitative estimate of drug-likeness (QED) is 0.882. The molecule has 3 atom stereocenters. The minimum absolute atomic E-state index is 0.456. The molecule has 0 aliphatic heterocycles. The van der Waals surface area contributed by atoms with E-state index in [9.17, 15) is 0 Å². The van der Waals surface area contributed by atoms with Gasteiger partial charge in [0.1, 0.15) is 12.1 Å². The molecule has 1 heterocycles. The predicted octanol–water partition coefficient (Wildman–Crippen LogP) is 3.84. The molecule has 2 rings (SSSR count). The third kappa shape index (κ3) is 3.21. The third-order valence-electron chi connectivity index (χ3n) is 4.04. The summed E-state index contributed by atoms with van der Waals surface area (Å²) in [6.07, 6.45) is 5.57. The molecule has 0 amide bonds. The Hall–Kier alpha value is -1.12. The van der Waals surface area contributed by atoms with E-state index in [0.717, 1.165) is 23.3 Å². The smallest absolute Gasteiger partial charge is 0.129 e. The molecule has 3 heteroatoms. The third-order valence-corrected chi connectivity index (χ3v) is 4.04. The van der Waals surface area contributed by atoms with E-state index in [2.05, 4.69) is 49.0 Å². The van der Waals surface area contributed by atoms with Crippen LogP contribution in [0.15, 0.2) is 12.4 Å². The Morgan fingerprint density at radius 2 is 2.00 bits per heavy atom. The fraction of sp³-hybridized carbons (Fsp3) is 0.733. The summed E-state index contributed by atoms with van der Waals surface area (Å²) in [5.74, 6) is 3.04. The van der Waals surface area contributed by atoms with Gasteiger partial charge in [-0.1, -0.05) is 27.7 Å². The topological polar surface area (TPSA) is 37.8 Å². The van der Waals surface area contributed by atoms with Gasteiger partial charge in [0, 0.05) is 17.8 Å². The summed E-state index contributed by atoms with van der Waals surface area (Å²) in [6, 6.07) is 2.66. The Bertz CT molecular complexity index is 389. The molecular formula is C15H25N3. The van der Waals surface area contributed by atoms with Crippen molar-refractivity contribution in [3.63, 3.8) is 0 Å². The molecule has 18 heavy (non-hydrogen) atoms. The zero-order valence-corrected chi connectivity index (χ0v) is 12.0. The van der Waals surface area contributed by atoms with Crippen molar-refractivity contribution in [3.8, 4) is 0 Å². The van der Waals surface area contributed by atoms with Gasteiger partial charge in [0.25, 0.3) is 0 Å². The summed E-state index contributed by atoms with van der Waals surface area (Å²) in [5.41, 5.74) is 1.12. The highest BCUT2D eigenvalue weighted by molar-refractivity contribution is 5.37. The van der Waals surface area contributed by atoms with Crippen molar-refractivity contribution in [2.24, 2.45) is 11.8 Å². The Labute approximate surface area is 110 Å². The van der Waals surface area contributed by atoms with Gasteiger partial charge in [-0.25, -0.2) is 9.97 Å². The molecule has 3 nitrogen and oxygen atoms in total. The second-order valence-corrected chi connectivity index (χ2v) is 6.13. The average molecular weight is 247 g/mol. The lowest BCUT2D eigenvalue weighted by molar-refractivity contribution is 0.276. The fourth-order valence-electron chi connectivity index (χ4n) is 2.84. The van der Waals surface area contributed by atoms with E-state index in [1.807, 2.05) is 0 Å². The van der Waals surface area contributed by atoms with Crippen LogP contribution in [-0.2, 0) is 0 Å². The molecule has 1 fully saturated rings. The van der Waals surface area contributed by atoms with E-state index in [-0.39, 0.29) is 0 Å². The van der Waals surface area contributed by atoms with Gasteiger partial charge in [-0.3, -0.25) is 0 Å². The molecular weight excluding hydrogens is 222 g/mol. The van der Waals surface area contributed by atoms with Crippen LogP contribution in [0.5, 0.6) is 0 Å². The minimum atomic E-state index is 0.456. The van der Waals surface area contributed by atoms with Crippen molar-refractivity contribution in [2.75, 3.05) is 5.32 Å². The number of hydrogen-bond donors (Lipinski definition) is 1. The summed E-state index contributed by atoms with van der Waals surface area (Å²) < 4.78 is 0. The number of anilines is 1. The van der Waals surface area contributed by atoms with Crippen molar-refractivity contribution in [3.05, 3.63) is 18.1 Å². The van der Waals surface area contributed by atoms with Crippen molar-refractivity contribution < 1.29 is 0 Å². The Balaban J connectivity index is 2.02. The molecule has 0 spiro atoms. The van der Waals surface area contributed by atoms with Crippen LogP contribution in [-0.4, -0.2) is 16.0 Å². The second-order valence-electron chi connectivity index (χ2n) is 6.13. The molecule has 1 aliphatic rings. The number of rotatable bonds is 3. The largest absolute Gasteiger partial charge is 0.367 e. The lowest BCUT2D eigenvalue weighted by Gasteiger charge is -2.33. The van der Waals surface area contributed by atoms with Gasteiger partial charge in [0.15, 0.2) is 0 Å². The summed E-state index contributed by atoms with van der Waals surface area (Å²) in [4.78, 5) is 8.66. The van der Waals surface area contributed by atoms with Crippen molar-refractivity contribution >= 4 is 5.82 Å². The van der Waals surface area contributed by atoms with Crippen LogP contribution < -0.4 is 5.32 Å². The highest BCUT2D eigenvalue weighted by Crippen LogP contribution is 2.30. The molecule has 1 aromatic rings. The summed E-state index contributed by atoms with van der Waals surface area (Å²) >= 11 is 0. The number of aromatic nitrogens is 2. The molecule has 0 bridgehead atoms. The van der Waals surface area contributed by atoms with Gasteiger partial charge in [-0.05, 0) is 37.0 Å². The number of nitrogens with one attached hydrogen (secondary N) is 1. The maximum atomic E-state index is 4.35. The van der Waals surface area contributed by atoms with Crippen LogP contribution in [0.25, 0.3) is 0 Å². The van der Waals surface area contributed by atoms with Gasteiger partial charge < -0.3 is 5.32 Å². The van der Waals surface area contributed by atoms with E-state index in [0.29, 0.717) is 12.0 Å². The maximum Gasteiger partial charge on any atom is 0.129 e. The van der Waals surface area contributed by atoms with Crippen LogP contribution in [0, 0.1) is 11.8 Å². The highest BCUT2D eigenvalue weighted by atomic mass is 15.0. The molecule has 1 saturated carbocycles. The van der Waals surface area contributed by atoms with E-state index in [4.69, 9.17) is 0 Å². The van der Waals surface area contributed by atoms with Crippen molar-refractivity contribution in [1.82, 2.24) is 9.97 Å². The second kappa shape index (κ2) is 5.68. The lowest BCUT2D eigenvalue weighted by atomic mass is 9.80. The van der Waals surface area contributed by atoms with Crippen molar-refractivity contribution in [2.45, 2.75) is 58.9 Å². The predicted molar refractivity (Wildman–Crippen MR) is 75.7 cm³/mol. The maximum absolute atomic E-state index is 4.35. The van der Waals surface area contributed by atoms with Crippen LogP contribution >= 0.6 is 0 Å². The summed E-state index contributed by atoms with van der Waals surface area (Å²) in [6.45, 7) is 9.03. The Morgan fingerprint density at radius 1 is 1.22 bits per heavy atom. The molecule has 100 valence electrons. The normalized spacial score (nSPS) is 28.4. The summed E-state index contributed by atoms with van der Waals surface area (Å²) in [7, 11) is 0. The Morgan fingerprint density at radius 3 is 2.67 bits per heavy atom. The van der Waals surface area contributed by atoms with Crippen LogP contribution in [0.1, 0.15) is 58.6 Å². The molecule has 1 N–H and O–H groups in total. The molecule has 0 radical (unpaired) electrons. The van der Waals surface area contributed by atoms with E-state index in [1.54, 1.807) is 6.33 Å². The van der Waals surface area contributed by atoms with Crippen LogP contribution in [0.2, 0.25) is 0 Å². The first-order valence-electron chi connectivity index (χ1n) is 7.14. The monoisotopic (exact) mass is 247 g/mol. The van der Waals surface area contributed by atoms with E-state index in [1.165, 1.54) is 19.3 Å². The molecule has 3 unspecified atom stereocenters. The zero-order valence-electron chi connectivity index (χ0n) is 12.0. The van der Waals surface area contributed by atoms with Gasteiger partial charge in [0.05, 0.1) is 0 Å². The molecule has 1 aliphatic carbocycles. The minimum Gasteiger partial charge on any atom is -0.367 e. The van der Waals surface area contributed by atoms with E-state index < -0.39 is 0 Å². The Kier molecular flexibility index (Phi) is 4.20. The fourth-order valence-corrected chi connectivity index (χ4v) is 2.84. The van der Waals surface area contributed by atoms with Gasteiger partial charge in [-0.2, -0.15) is 0 Å². The van der Waals surface area contributed by atoms with Gasteiger partial charge >= 0.3 is 0 Å². The van der Waals surface area contributed by atoms with Gasteiger partial charge in [0.2, 0.25) is 0 Å². The zero-order chi connectivity index (χ0) is 13.1. The summed E-state index contributed by atoms with van der Waals surface area (Å²) in [5, 5.41) is 3.60. The number of nitrogens with zero attached hydrogens (tertiary/aromatic N) is 2. The number of hydrogen-bond acceptors (Lipinski definition) is 3. The first-order valence-corrected chi connectivity index (χ1v) is 7.14. The van der Waals surface area contributed by atoms with Gasteiger partial charge in [-0.15, -0.1) is 0 Å². The highest BCUT2D eigenvalue weighted by Gasteiger charge is 2.25. The molecule has 0 saturated heterocycles.